The molecule has 0 saturated heterocycles. The summed E-state index contributed by atoms with van der Waals surface area (Å²) >= 11 is 5.87. The van der Waals surface area contributed by atoms with Crippen molar-refractivity contribution < 1.29 is 22.7 Å². The average molecular weight is 447 g/mol. The predicted molar refractivity (Wildman–Crippen MR) is 116 cm³/mol. The van der Waals surface area contributed by atoms with Crippen LogP contribution in [-0.4, -0.2) is 28.0 Å². The summed E-state index contributed by atoms with van der Waals surface area (Å²) in [7, 11) is -2.24. The molecule has 0 bridgehead atoms. The molecule has 0 heterocycles. The molecule has 0 unspecified atom stereocenters. The molecule has 156 valence electrons. The van der Waals surface area contributed by atoms with E-state index in [2.05, 4.69) is 10.0 Å². The highest BCUT2D eigenvalue weighted by Gasteiger charge is 2.14. The van der Waals surface area contributed by atoms with Crippen LogP contribution in [0.5, 0.6) is 11.5 Å². The van der Waals surface area contributed by atoms with Crippen molar-refractivity contribution in [2.24, 2.45) is 0 Å². The number of benzene rings is 3. The van der Waals surface area contributed by atoms with Crippen LogP contribution in [0.2, 0.25) is 5.02 Å². The van der Waals surface area contributed by atoms with E-state index in [4.69, 9.17) is 21.1 Å². The first-order valence-electron chi connectivity index (χ1n) is 8.81. The maximum absolute atomic E-state index is 12.5. The molecule has 3 rings (SSSR count). The maximum atomic E-state index is 12.5. The summed E-state index contributed by atoms with van der Waals surface area (Å²) in [5, 5.41) is 3.15. The third-order valence-corrected chi connectivity index (χ3v) is 5.59. The van der Waals surface area contributed by atoms with E-state index in [-0.39, 0.29) is 17.4 Å². The van der Waals surface area contributed by atoms with Gasteiger partial charge < -0.3 is 14.8 Å². The van der Waals surface area contributed by atoms with Crippen LogP contribution in [0.25, 0.3) is 0 Å². The van der Waals surface area contributed by atoms with E-state index in [1.54, 1.807) is 48.5 Å². The van der Waals surface area contributed by atoms with E-state index >= 15 is 0 Å². The number of nitrogens with one attached hydrogen (secondary N) is 2. The minimum atomic E-state index is -3.77. The van der Waals surface area contributed by atoms with Crippen LogP contribution in [0, 0.1) is 0 Å². The molecular formula is C21H19ClN2O5S. The van der Waals surface area contributed by atoms with Crippen LogP contribution in [0.15, 0.2) is 77.7 Å². The van der Waals surface area contributed by atoms with Crippen LogP contribution in [0.3, 0.4) is 0 Å². The summed E-state index contributed by atoms with van der Waals surface area (Å²) < 4.78 is 37.9. The Hall–Kier alpha value is -3.23. The van der Waals surface area contributed by atoms with Crippen molar-refractivity contribution in [3.63, 3.8) is 0 Å². The molecule has 0 aromatic heterocycles. The van der Waals surface area contributed by atoms with Gasteiger partial charge in [0.25, 0.3) is 15.9 Å². The van der Waals surface area contributed by atoms with E-state index in [0.717, 1.165) is 0 Å². The highest BCUT2D eigenvalue weighted by molar-refractivity contribution is 7.92. The monoisotopic (exact) mass is 446 g/mol. The van der Waals surface area contributed by atoms with Crippen molar-refractivity contribution in [2.45, 2.75) is 4.90 Å². The van der Waals surface area contributed by atoms with Crippen molar-refractivity contribution >= 4 is 38.9 Å². The number of methoxy groups -OCH3 is 1. The first-order valence-corrected chi connectivity index (χ1v) is 10.7. The second kappa shape index (κ2) is 9.51. The van der Waals surface area contributed by atoms with Crippen molar-refractivity contribution in [3.05, 3.63) is 77.8 Å². The third-order valence-electron chi connectivity index (χ3n) is 3.96. The number of hydrogen-bond donors (Lipinski definition) is 2. The standard InChI is InChI=1S/C21H19ClN2O5S/c1-28-18-9-5-17(6-10-18)24-30(26,27)20-11-7-16(8-12-20)23-21(25)14-29-19-4-2-3-15(22)13-19/h2-13,24H,14H2,1H3,(H,23,25). The quantitative estimate of drug-likeness (QED) is 0.541. The Kier molecular flexibility index (Phi) is 6.81. The number of anilines is 2. The molecule has 0 aliphatic carbocycles. The van der Waals surface area contributed by atoms with Crippen molar-refractivity contribution in [3.8, 4) is 11.5 Å². The lowest BCUT2D eigenvalue weighted by Gasteiger charge is -2.10. The Morgan fingerprint density at radius 1 is 0.933 bits per heavy atom. The number of carbonyl (C=O) groups excluding carboxylic acids is 1. The van der Waals surface area contributed by atoms with Gasteiger partial charge in [-0.2, -0.15) is 0 Å². The molecule has 3 aromatic rings. The maximum Gasteiger partial charge on any atom is 0.262 e. The third kappa shape index (κ3) is 5.88. The van der Waals surface area contributed by atoms with Gasteiger partial charge in [0.15, 0.2) is 6.61 Å². The number of sulfonamides is 1. The van der Waals surface area contributed by atoms with Crippen LogP contribution in [-0.2, 0) is 14.8 Å². The number of carbonyl (C=O) groups is 1. The molecule has 0 saturated carbocycles. The van der Waals surface area contributed by atoms with Gasteiger partial charge in [0.1, 0.15) is 11.5 Å². The summed E-state index contributed by atoms with van der Waals surface area (Å²) in [5.41, 5.74) is 0.851. The Morgan fingerprint density at radius 3 is 2.23 bits per heavy atom. The first-order chi connectivity index (χ1) is 14.4. The fourth-order valence-electron chi connectivity index (χ4n) is 2.49. The van der Waals surface area contributed by atoms with Crippen molar-refractivity contribution in [2.75, 3.05) is 23.8 Å². The van der Waals surface area contributed by atoms with E-state index in [0.29, 0.717) is 27.9 Å². The summed E-state index contributed by atoms with van der Waals surface area (Å²) in [5.74, 6) is 0.711. The molecule has 9 heteroatoms. The van der Waals surface area contributed by atoms with Crippen molar-refractivity contribution in [1.29, 1.82) is 0 Å². The molecule has 7 nitrogen and oxygen atoms in total. The van der Waals surface area contributed by atoms with Gasteiger partial charge in [0, 0.05) is 16.4 Å². The van der Waals surface area contributed by atoms with E-state index in [1.165, 1.54) is 31.4 Å². The molecule has 3 aromatic carbocycles. The molecule has 0 atom stereocenters. The SMILES string of the molecule is COc1ccc(NS(=O)(=O)c2ccc(NC(=O)COc3cccc(Cl)c3)cc2)cc1. The number of hydrogen-bond acceptors (Lipinski definition) is 5. The molecular weight excluding hydrogens is 428 g/mol. The normalized spacial score (nSPS) is 10.9. The molecule has 30 heavy (non-hydrogen) atoms. The Morgan fingerprint density at radius 2 is 1.60 bits per heavy atom. The van der Waals surface area contributed by atoms with Crippen molar-refractivity contribution in [1.82, 2.24) is 0 Å². The molecule has 2 N–H and O–H groups in total. The van der Waals surface area contributed by atoms with Gasteiger partial charge in [0.2, 0.25) is 0 Å². The number of halogens is 1. The second-order valence-corrected chi connectivity index (χ2v) is 8.27. The number of amides is 1. The molecule has 0 radical (unpaired) electrons. The number of rotatable bonds is 8. The van der Waals surface area contributed by atoms with E-state index in [1.807, 2.05) is 0 Å². The summed E-state index contributed by atoms with van der Waals surface area (Å²) in [6.45, 7) is -0.209. The minimum absolute atomic E-state index is 0.0616. The van der Waals surface area contributed by atoms with Gasteiger partial charge in [-0.1, -0.05) is 17.7 Å². The molecule has 0 spiro atoms. The molecule has 0 aliphatic rings. The average Bonchev–Trinajstić information content (AvgIpc) is 2.73. The summed E-state index contributed by atoms with van der Waals surface area (Å²) in [6.07, 6.45) is 0. The Bertz CT molecular complexity index is 1120. The predicted octanol–water partition coefficient (Wildman–Crippen LogP) is 4.17. The smallest absolute Gasteiger partial charge is 0.262 e. The van der Waals surface area contributed by atoms with Gasteiger partial charge in [-0.25, -0.2) is 8.42 Å². The van der Waals surface area contributed by atoms with Crippen LogP contribution < -0.4 is 19.5 Å². The zero-order valence-corrected chi connectivity index (χ0v) is 17.5. The molecule has 1 amide bonds. The minimum Gasteiger partial charge on any atom is -0.497 e. The largest absolute Gasteiger partial charge is 0.497 e. The van der Waals surface area contributed by atoms with Crippen LogP contribution >= 0.6 is 11.6 Å². The highest BCUT2D eigenvalue weighted by Crippen LogP contribution is 2.21. The zero-order chi connectivity index (χ0) is 21.6. The lowest BCUT2D eigenvalue weighted by atomic mass is 10.3. The fourth-order valence-corrected chi connectivity index (χ4v) is 3.73. The van der Waals surface area contributed by atoms with Crippen LogP contribution in [0.1, 0.15) is 0 Å². The van der Waals surface area contributed by atoms with E-state index in [9.17, 15) is 13.2 Å². The summed E-state index contributed by atoms with van der Waals surface area (Å²) in [4.78, 5) is 12.1. The Balaban J connectivity index is 1.58. The number of ether oxygens (including phenoxy) is 2. The topological polar surface area (TPSA) is 93.7 Å². The summed E-state index contributed by atoms with van der Waals surface area (Å²) in [6, 6.07) is 19.0. The van der Waals surface area contributed by atoms with E-state index < -0.39 is 10.0 Å². The highest BCUT2D eigenvalue weighted by atomic mass is 35.5. The van der Waals surface area contributed by atoms with Gasteiger partial charge >= 0.3 is 0 Å². The zero-order valence-electron chi connectivity index (χ0n) is 16.0. The van der Waals surface area contributed by atoms with Gasteiger partial charge in [0.05, 0.1) is 12.0 Å². The lowest BCUT2D eigenvalue weighted by molar-refractivity contribution is -0.118. The van der Waals surface area contributed by atoms with Crippen LogP contribution in [0.4, 0.5) is 11.4 Å². The lowest BCUT2D eigenvalue weighted by Crippen LogP contribution is -2.20. The van der Waals surface area contributed by atoms with Gasteiger partial charge in [-0.15, -0.1) is 0 Å². The Labute approximate surface area is 179 Å². The second-order valence-electron chi connectivity index (χ2n) is 6.15. The molecule has 0 fully saturated rings. The van der Waals surface area contributed by atoms with Gasteiger partial charge in [-0.05, 0) is 66.7 Å². The molecule has 0 aliphatic heterocycles. The fraction of sp³-hybridized carbons (Fsp3) is 0.0952. The van der Waals surface area contributed by atoms with Gasteiger partial charge in [-0.3, -0.25) is 9.52 Å². The first kappa shape index (κ1) is 21.5.